The molecule has 6 heteroatoms. The second kappa shape index (κ2) is 7.92. The zero-order chi connectivity index (χ0) is 14.3. The van der Waals surface area contributed by atoms with Gasteiger partial charge in [-0.15, -0.1) is 0 Å². The molecule has 0 saturated carbocycles. The van der Waals surface area contributed by atoms with Crippen molar-refractivity contribution >= 4 is 12.0 Å². The third-order valence-corrected chi connectivity index (χ3v) is 2.46. The first kappa shape index (κ1) is 16.7. The van der Waals surface area contributed by atoms with E-state index in [1.54, 1.807) is 4.90 Å². The van der Waals surface area contributed by atoms with Gasteiger partial charge in [0.1, 0.15) is 0 Å². The molecule has 0 aromatic heterocycles. The van der Waals surface area contributed by atoms with Crippen LogP contribution in [0.4, 0.5) is 4.79 Å². The van der Waals surface area contributed by atoms with Gasteiger partial charge in [0, 0.05) is 25.2 Å². The first-order valence-electron chi connectivity index (χ1n) is 6.17. The lowest BCUT2D eigenvalue weighted by Gasteiger charge is -2.28. The van der Waals surface area contributed by atoms with Crippen molar-refractivity contribution < 1.29 is 14.7 Å². The molecule has 0 aromatic carbocycles. The van der Waals surface area contributed by atoms with Crippen LogP contribution >= 0.6 is 0 Å². The summed E-state index contributed by atoms with van der Waals surface area (Å²) < 4.78 is 0. The Morgan fingerprint density at radius 2 is 1.78 bits per heavy atom. The Morgan fingerprint density at radius 1 is 1.22 bits per heavy atom. The number of carbonyl (C=O) groups excluding carboxylic acids is 1. The average Bonchev–Trinajstić information content (AvgIpc) is 2.14. The van der Waals surface area contributed by atoms with Crippen LogP contribution in [0.1, 0.15) is 27.2 Å². The van der Waals surface area contributed by atoms with E-state index < -0.39 is 5.97 Å². The Balaban J connectivity index is 4.34. The molecule has 0 aliphatic heterocycles. The fraction of sp³-hybridized carbons (Fsp3) is 0.833. The highest BCUT2D eigenvalue weighted by molar-refractivity contribution is 5.75. The molecule has 106 valence electrons. The van der Waals surface area contributed by atoms with E-state index in [1.165, 1.54) is 0 Å². The Kier molecular flexibility index (Phi) is 7.35. The maximum absolute atomic E-state index is 12.0. The van der Waals surface area contributed by atoms with Gasteiger partial charge in [0.15, 0.2) is 0 Å². The number of carboxylic acids is 1. The number of nitrogens with one attached hydrogen (secondary N) is 1. The average molecular weight is 259 g/mol. The minimum absolute atomic E-state index is 0.0177. The van der Waals surface area contributed by atoms with Crippen molar-refractivity contribution in [2.24, 2.45) is 0 Å². The van der Waals surface area contributed by atoms with E-state index >= 15 is 0 Å². The summed E-state index contributed by atoms with van der Waals surface area (Å²) in [4.78, 5) is 26.1. The second-order valence-corrected chi connectivity index (χ2v) is 5.04. The predicted molar refractivity (Wildman–Crippen MR) is 70.6 cm³/mol. The normalized spacial score (nSPS) is 12.6. The van der Waals surface area contributed by atoms with Gasteiger partial charge in [-0.05, 0) is 34.9 Å². The molecule has 1 atom stereocenters. The summed E-state index contributed by atoms with van der Waals surface area (Å²) >= 11 is 0. The highest BCUT2D eigenvalue weighted by atomic mass is 16.4. The highest BCUT2D eigenvalue weighted by Gasteiger charge is 2.19. The number of amides is 2. The van der Waals surface area contributed by atoms with E-state index in [0.29, 0.717) is 0 Å². The molecule has 0 rings (SSSR count). The third kappa shape index (κ3) is 7.11. The zero-order valence-corrected chi connectivity index (χ0v) is 11.9. The highest BCUT2D eigenvalue weighted by Crippen LogP contribution is 2.01. The Morgan fingerprint density at radius 3 is 2.17 bits per heavy atom. The molecule has 18 heavy (non-hydrogen) atoms. The molecule has 0 aliphatic rings. The summed E-state index contributed by atoms with van der Waals surface area (Å²) in [5.41, 5.74) is 0. The van der Waals surface area contributed by atoms with Crippen LogP contribution in [0.5, 0.6) is 0 Å². The van der Waals surface area contributed by atoms with Crippen molar-refractivity contribution in [2.75, 3.05) is 27.2 Å². The number of aliphatic carboxylic acids is 1. The SMILES string of the molecule is CC(CN(C)C)NC(=O)N(CCC(=O)O)C(C)C. The third-order valence-electron chi connectivity index (χ3n) is 2.46. The first-order valence-corrected chi connectivity index (χ1v) is 6.17. The molecule has 0 aliphatic carbocycles. The fourth-order valence-electron chi connectivity index (χ4n) is 1.70. The standard InChI is InChI=1S/C12H25N3O3/c1-9(2)15(7-6-11(16)17)12(18)13-10(3)8-14(4)5/h9-10H,6-8H2,1-5H3,(H,13,18)(H,16,17). The van der Waals surface area contributed by atoms with Crippen LogP contribution in [-0.4, -0.2) is 66.2 Å². The van der Waals surface area contributed by atoms with Crippen molar-refractivity contribution in [1.82, 2.24) is 15.1 Å². The Bertz CT molecular complexity index is 280. The maximum Gasteiger partial charge on any atom is 0.317 e. The molecule has 1 unspecified atom stereocenters. The van der Waals surface area contributed by atoms with Crippen LogP contribution in [0.25, 0.3) is 0 Å². The predicted octanol–water partition coefficient (Wildman–Crippen LogP) is 0.831. The zero-order valence-electron chi connectivity index (χ0n) is 11.9. The van der Waals surface area contributed by atoms with Crippen molar-refractivity contribution in [3.8, 4) is 0 Å². The van der Waals surface area contributed by atoms with E-state index in [0.717, 1.165) is 6.54 Å². The van der Waals surface area contributed by atoms with E-state index in [-0.39, 0.29) is 31.1 Å². The minimum atomic E-state index is -0.894. The van der Waals surface area contributed by atoms with Crippen LogP contribution in [0.15, 0.2) is 0 Å². The van der Waals surface area contributed by atoms with Crippen LogP contribution in [0, 0.1) is 0 Å². The number of rotatable bonds is 7. The van der Waals surface area contributed by atoms with Crippen LogP contribution < -0.4 is 5.32 Å². The smallest absolute Gasteiger partial charge is 0.317 e. The quantitative estimate of drug-likeness (QED) is 0.710. The van der Waals surface area contributed by atoms with Gasteiger partial charge in [-0.1, -0.05) is 0 Å². The number of hydrogen-bond donors (Lipinski definition) is 2. The minimum Gasteiger partial charge on any atom is -0.481 e. The molecule has 0 saturated heterocycles. The lowest BCUT2D eigenvalue weighted by molar-refractivity contribution is -0.137. The van der Waals surface area contributed by atoms with Crippen molar-refractivity contribution in [3.05, 3.63) is 0 Å². The van der Waals surface area contributed by atoms with Gasteiger partial charge < -0.3 is 20.2 Å². The summed E-state index contributed by atoms with van der Waals surface area (Å²) in [6, 6.07) is -0.199. The van der Waals surface area contributed by atoms with Gasteiger partial charge in [-0.25, -0.2) is 4.79 Å². The lowest BCUT2D eigenvalue weighted by atomic mass is 10.3. The van der Waals surface area contributed by atoms with Gasteiger partial charge in [0.05, 0.1) is 6.42 Å². The maximum atomic E-state index is 12.0. The molecule has 0 radical (unpaired) electrons. The number of hydrogen-bond acceptors (Lipinski definition) is 3. The molecule has 0 spiro atoms. The Labute approximate surface area is 109 Å². The van der Waals surface area contributed by atoms with E-state index in [1.807, 2.05) is 39.8 Å². The van der Waals surface area contributed by atoms with E-state index in [4.69, 9.17) is 5.11 Å². The molecule has 6 nitrogen and oxygen atoms in total. The number of nitrogens with zero attached hydrogens (tertiary/aromatic N) is 2. The summed E-state index contributed by atoms with van der Waals surface area (Å²) in [5, 5.41) is 11.5. The number of likely N-dealkylation sites (N-methyl/N-ethyl adjacent to an activating group) is 1. The molecule has 2 amide bonds. The molecule has 0 aromatic rings. The topological polar surface area (TPSA) is 72.9 Å². The summed E-state index contributed by atoms with van der Waals surface area (Å²) in [7, 11) is 3.88. The van der Waals surface area contributed by atoms with E-state index in [2.05, 4.69) is 5.32 Å². The fourth-order valence-corrected chi connectivity index (χ4v) is 1.70. The number of carboxylic acid groups (broad SMARTS) is 1. The van der Waals surface area contributed by atoms with E-state index in [9.17, 15) is 9.59 Å². The van der Waals surface area contributed by atoms with Crippen molar-refractivity contribution in [1.29, 1.82) is 0 Å². The second-order valence-electron chi connectivity index (χ2n) is 5.04. The number of urea groups is 1. The Hall–Kier alpha value is -1.30. The molecule has 0 heterocycles. The lowest BCUT2D eigenvalue weighted by Crippen LogP contribution is -2.49. The molecular formula is C12H25N3O3. The van der Waals surface area contributed by atoms with Gasteiger partial charge in [0.25, 0.3) is 0 Å². The van der Waals surface area contributed by atoms with Crippen LogP contribution in [-0.2, 0) is 4.79 Å². The first-order chi connectivity index (χ1) is 8.23. The summed E-state index contributed by atoms with van der Waals surface area (Å²) in [5.74, 6) is -0.894. The molecule has 2 N–H and O–H groups in total. The van der Waals surface area contributed by atoms with Crippen molar-refractivity contribution in [3.63, 3.8) is 0 Å². The molecular weight excluding hydrogens is 234 g/mol. The largest absolute Gasteiger partial charge is 0.481 e. The van der Waals surface area contributed by atoms with Crippen LogP contribution in [0.2, 0.25) is 0 Å². The van der Waals surface area contributed by atoms with Gasteiger partial charge in [-0.2, -0.15) is 0 Å². The van der Waals surface area contributed by atoms with Gasteiger partial charge >= 0.3 is 12.0 Å². The summed E-state index contributed by atoms with van der Waals surface area (Å²) in [6.07, 6.45) is -0.0341. The molecule has 0 bridgehead atoms. The van der Waals surface area contributed by atoms with Gasteiger partial charge in [0.2, 0.25) is 0 Å². The number of carbonyl (C=O) groups is 2. The molecule has 0 fully saturated rings. The monoisotopic (exact) mass is 259 g/mol. The summed E-state index contributed by atoms with van der Waals surface area (Å²) in [6.45, 7) is 6.65. The van der Waals surface area contributed by atoms with Gasteiger partial charge in [-0.3, -0.25) is 4.79 Å². The van der Waals surface area contributed by atoms with Crippen molar-refractivity contribution in [2.45, 2.75) is 39.3 Å². The van der Waals surface area contributed by atoms with Crippen LogP contribution in [0.3, 0.4) is 0 Å².